The number of aromatic amines is 1. The number of nitrogens with zero attached hydrogens (tertiary/aromatic N) is 3. The van der Waals surface area contributed by atoms with Crippen molar-refractivity contribution < 1.29 is 19.1 Å². The Morgan fingerprint density at radius 3 is 2.60 bits per heavy atom. The first-order chi connectivity index (χ1) is 20.1. The van der Waals surface area contributed by atoms with Crippen LogP contribution in [-0.4, -0.2) is 70.5 Å². The second-order valence-electron chi connectivity index (χ2n) is 11.4. The zero-order valence-electron chi connectivity index (χ0n) is 24.9. The molecule has 0 saturated carbocycles. The molecule has 0 aliphatic carbocycles. The molecule has 0 bridgehead atoms. The summed E-state index contributed by atoms with van der Waals surface area (Å²) in [5, 5.41) is 3.77. The number of hydrogen-bond donors (Lipinski definition) is 2. The van der Waals surface area contributed by atoms with Crippen LogP contribution in [-0.2, 0) is 27.3 Å². The van der Waals surface area contributed by atoms with Gasteiger partial charge in [0.25, 0.3) is 11.5 Å². The first kappa shape index (κ1) is 30.6. The number of carbonyl (C=O) groups excluding carboxylic acids is 3. The number of likely N-dealkylation sites (N-methyl/N-ethyl adjacent to an activating group) is 1. The van der Waals surface area contributed by atoms with Gasteiger partial charge in [-0.1, -0.05) is 38.1 Å². The molecule has 10 heteroatoms. The molecular weight excluding hydrogens is 534 g/mol. The average Bonchev–Trinajstić information content (AvgIpc) is 3.63. The van der Waals surface area contributed by atoms with Gasteiger partial charge in [0.05, 0.1) is 6.54 Å². The van der Waals surface area contributed by atoms with E-state index in [1.165, 1.54) is 27.2 Å². The number of nitrogens with one attached hydrogen (secondary N) is 2. The van der Waals surface area contributed by atoms with Crippen LogP contribution in [0.25, 0.3) is 10.9 Å². The van der Waals surface area contributed by atoms with Crippen molar-refractivity contribution >= 4 is 34.5 Å². The molecule has 1 aliphatic heterocycles. The zero-order chi connectivity index (χ0) is 30.2. The lowest BCUT2D eigenvalue weighted by molar-refractivity contribution is -0.125. The Morgan fingerprint density at radius 2 is 1.88 bits per heavy atom. The molecule has 1 aliphatic rings. The summed E-state index contributed by atoms with van der Waals surface area (Å²) in [6.45, 7) is 5.84. The number of rotatable bonds is 11. The molecule has 0 spiro atoms. The molecule has 224 valence electrons. The molecule has 3 aromatic rings. The highest BCUT2D eigenvalue weighted by molar-refractivity contribution is 5.95. The third-order valence-electron chi connectivity index (χ3n) is 7.24. The van der Waals surface area contributed by atoms with E-state index in [9.17, 15) is 19.2 Å². The third-order valence-corrected chi connectivity index (χ3v) is 7.24. The largest absolute Gasteiger partial charge is 0.436 e. The molecule has 2 aromatic heterocycles. The lowest BCUT2D eigenvalue weighted by Gasteiger charge is -2.21. The number of allylic oxidation sites excluding steroid dienone is 1. The van der Waals surface area contributed by atoms with Crippen LogP contribution in [0.4, 0.5) is 10.5 Å². The first-order valence-corrected chi connectivity index (χ1v) is 14.6. The van der Waals surface area contributed by atoms with Gasteiger partial charge in [0.15, 0.2) is 6.10 Å². The summed E-state index contributed by atoms with van der Waals surface area (Å²) in [4.78, 5) is 57.7. The van der Waals surface area contributed by atoms with E-state index in [1.54, 1.807) is 37.3 Å². The normalized spacial score (nSPS) is 14.1. The molecule has 3 heterocycles. The number of para-hydroxylation sites is 1. The van der Waals surface area contributed by atoms with Crippen LogP contribution >= 0.6 is 0 Å². The van der Waals surface area contributed by atoms with Gasteiger partial charge < -0.3 is 29.4 Å². The molecule has 2 N–H and O–H groups in total. The SMILES string of the molecule is CC(C)Cc1cccc2cc(Cn3cccc(NC(=O)C(CCC=CC(=O)N(C)C)OC(=O)N4CCCC4)c3=O)[nH]c12. The van der Waals surface area contributed by atoms with Crippen LogP contribution in [0.3, 0.4) is 0 Å². The first-order valence-electron chi connectivity index (χ1n) is 14.6. The fourth-order valence-electron chi connectivity index (χ4n) is 5.05. The van der Waals surface area contributed by atoms with E-state index < -0.39 is 18.1 Å². The highest BCUT2D eigenvalue weighted by atomic mass is 16.6. The van der Waals surface area contributed by atoms with E-state index in [4.69, 9.17) is 4.74 Å². The molecule has 1 saturated heterocycles. The molecule has 1 atom stereocenters. The van der Waals surface area contributed by atoms with Crippen molar-refractivity contribution in [2.75, 3.05) is 32.5 Å². The summed E-state index contributed by atoms with van der Waals surface area (Å²) in [6, 6.07) is 11.5. The number of fused-ring (bicyclic) bond motifs is 1. The number of anilines is 1. The number of amides is 3. The minimum atomic E-state index is -1.13. The number of carbonyl (C=O) groups is 3. The van der Waals surface area contributed by atoms with Crippen molar-refractivity contribution in [1.82, 2.24) is 19.4 Å². The molecule has 4 rings (SSSR count). The van der Waals surface area contributed by atoms with Crippen LogP contribution in [0, 0.1) is 5.92 Å². The Balaban J connectivity index is 1.49. The summed E-state index contributed by atoms with van der Waals surface area (Å²) in [5.74, 6) is -0.255. The maximum Gasteiger partial charge on any atom is 0.410 e. The van der Waals surface area contributed by atoms with Crippen molar-refractivity contribution in [3.05, 3.63) is 76.4 Å². The van der Waals surface area contributed by atoms with E-state index in [-0.39, 0.29) is 23.6 Å². The number of H-pyrrole nitrogens is 1. The molecule has 10 nitrogen and oxygen atoms in total. The second-order valence-corrected chi connectivity index (χ2v) is 11.4. The predicted octanol–water partition coefficient (Wildman–Crippen LogP) is 4.54. The van der Waals surface area contributed by atoms with Gasteiger partial charge in [-0.25, -0.2) is 4.79 Å². The minimum Gasteiger partial charge on any atom is -0.436 e. The Bertz CT molecular complexity index is 1500. The standard InChI is InChI=1S/C32H41N5O5/c1-22(2)19-23-11-9-12-24-20-25(33-29(23)24)21-37-18-10-13-26(31(37)40)34-30(39)27(14-5-6-15-28(38)35(3)4)42-32(41)36-16-7-8-17-36/h6,9-13,15,18,20,22,27,33H,5,7-8,14,16-17,19,21H2,1-4H3,(H,34,39). The summed E-state index contributed by atoms with van der Waals surface area (Å²) < 4.78 is 7.12. The zero-order valence-corrected chi connectivity index (χ0v) is 24.9. The maximum absolute atomic E-state index is 13.4. The van der Waals surface area contributed by atoms with Gasteiger partial charge in [0.1, 0.15) is 5.69 Å². The number of aromatic nitrogens is 2. The van der Waals surface area contributed by atoms with Gasteiger partial charge in [-0.3, -0.25) is 14.4 Å². The number of likely N-dealkylation sites (tertiary alicyclic amines) is 1. The topological polar surface area (TPSA) is 117 Å². The summed E-state index contributed by atoms with van der Waals surface area (Å²) in [7, 11) is 3.30. The summed E-state index contributed by atoms with van der Waals surface area (Å²) in [5.41, 5.74) is 2.91. The molecule has 3 amide bonds. The highest BCUT2D eigenvalue weighted by Gasteiger charge is 2.27. The van der Waals surface area contributed by atoms with E-state index >= 15 is 0 Å². The highest BCUT2D eigenvalue weighted by Crippen LogP contribution is 2.22. The summed E-state index contributed by atoms with van der Waals surface area (Å²) in [6.07, 6.45) is 6.29. The minimum absolute atomic E-state index is 0.0969. The third kappa shape index (κ3) is 7.90. The maximum atomic E-state index is 13.4. The van der Waals surface area contributed by atoms with Gasteiger partial charge in [0.2, 0.25) is 5.91 Å². The fraction of sp³-hybridized carbons (Fsp3) is 0.438. The van der Waals surface area contributed by atoms with Crippen LogP contribution in [0.5, 0.6) is 0 Å². The number of pyridine rings is 1. The molecule has 42 heavy (non-hydrogen) atoms. The molecule has 1 unspecified atom stereocenters. The molecule has 1 aromatic carbocycles. The fourth-order valence-corrected chi connectivity index (χ4v) is 5.05. The lowest BCUT2D eigenvalue weighted by atomic mass is 10.0. The molecule has 0 radical (unpaired) electrons. The second kappa shape index (κ2) is 14.0. The van der Waals surface area contributed by atoms with Crippen LogP contribution in [0.2, 0.25) is 0 Å². The van der Waals surface area contributed by atoms with Gasteiger partial charge in [-0.05, 0) is 73.2 Å². The van der Waals surface area contributed by atoms with Gasteiger partial charge in [-0.2, -0.15) is 0 Å². The lowest BCUT2D eigenvalue weighted by Crippen LogP contribution is -2.39. The van der Waals surface area contributed by atoms with Gasteiger partial charge in [0, 0.05) is 44.6 Å². The Morgan fingerprint density at radius 1 is 1.12 bits per heavy atom. The van der Waals surface area contributed by atoms with E-state index in [2.05, 4.69) is 30.2 Å². The average molecular weight is 576 g/mol. The van der Waals surface area contributed by atoms with Gasteiger partial charge in [-0.15, -0.1) is 0 Å². The number of benzene rings is 1. The van der Waals surface area contributed by atoms with Crippen LogP contribution in [0.1, 0.15) is 50.8 Å². The van der Waals surface area contributed by atoms with Crippen LogP contribution < -0.4 is 10.9 Å². The van der Waals surface area contributed by atoms with E-state index in [1.807, 2.05) is 18.2 Å². The van der Waals surface area contributed by atoms with Crippen LogP contribution in [0.15, 0.2) is 59.5 Å². The Labute approximate surface area is 246 Å². The van der Waals surface area contributed by atoms with E-state index in [0.29, 0.717) is 32.0 Å². The van der Waals surface area contributed by atoms with Crippen molar-refractivity contribution in [3.8, 4) is 0 Å². The monoisotopic (exact) mass is 575 g/mol. The number of hydrogen-bond acceptors (Lipinski definition) is 5. The number of ether oxygens (including phenoxy) is 1. The summed E-state index contributed by atoms with van der Waals surface area (Å²) >= 11 is 0. The quantitative estimate of drug-likeness (QED) is 0.326. The Hall–Kier alpha value is -4.34. The Kier molecular flexibility index (Phi) is 10.2. The van der Waals surface area contributed by atoms with Crippen molar-refractivity contribution in [1.29, 1.82) is 0 Å². The van der Waals surface area contributed by atoms with Crippen molar-refractivity contribution in [2.45, 2.75) is 58.6 Å². The van der Waals surface area contributed by atoms with E-state index in [0.717, 1.165) is 35.9 Å². The molecule has 1 fully saturated rings. The van der Waals surface area contributed by atoms with Crippen molar-refractivity contribution in [2.24, 2.45) is 5.92 Å². The molecular formula is C32H41N5O5. The van der Waals surface area contributed by atoms with Gasteiger partial charge >= 0.3 is 6.09 Å². The predicted molar refractivity (Wildman–Crippen MR) is 163 cm³/mol. The van der Waals surface area contributed by atoms with Crippen molar-refractivity contribution in [3.63, 3.8) is 0 Å². The smallest absolute Gasteiger partial charge is 0.410 e.